The highest BCUT2D eigenvalue weighted by Gasteiger charge is 2.41. The van der Waals surface area contributed by atoms with Crippen molar-refractivity contribution in [1.82, 2.24) is 0 Å². The number of nitrogens with zero attached hydrogens (tertiary/aromatic N) is 1. The van der Waals surface area contributed by atoms with Gasteiger partial charge in [0, 0.05) is 25.7 Å². The van der Waals surface area contributed by atoms with Gasteiger partial charge in [0.05, 0.1) is 26.2 Å². The zero-order valence-corrected chi connectivity index (χ0v) is 6.27. The third-order valence-corrected chi connectivity index (χ3v) is 3.29. The van der Waals surface area contributed by atoms with Gasteiger partial charge in [-0.3, -0.25) is 0 Å². The van der Waals surface area contributed by atoms with E-state index in [4.69, 9.17) is 0 Å². The van der Waals surface area contributed by atoms with Crippen molar-refractivity contribution in [2.45, 2.75) is 31.7 Å². The summed E-state index contributed by atoms with van der Waals surface area (Å²) in [6.07, 6.45) is 6.00. The van der Waals surface area contributed by atoms with E-state index >= 15 is 0 Å². The van der Waals surface area contributed by atoms with E-state index < -0.39 is 0 Å². The molecule has 2 aliphatic rings. The lowest BCUT2D eigenvalue weighted by Gasteiger charge is -2.29. The van der Waals surface area contributed by atoms with Crippen LogP contribution in [0.3, 0.4) is 0 Å². The minimum absolute atomic E-state index is 1.06. The van der Waals surface area contributed by atoms with Gasteiger partial charge >= 0.3 is 0 Å². The molecule has 2 aliphatic heterocycles. The molecule has 0 saturated carbocycles. The molecule has 9 heavy (non-hydrogen) atoms. The Balaban J connectivity index is 2.17. The van der Waals surface area contributed by atoms with Crippen LogP contribution in [-0.4, -0.2) is 30.7 Å². The summed E-state index contributed by atoms with van der Waals surface area (Å²) in [6, 6.07) is 1.06. The maximum absolute atomic E-state index is 2.44. The van der Waals surface area contributed by atoms with Crippen LogP contribution in [0.2, 0.25) is 0 Å². The minimum Gasteiger partial charge on any atom is -0.324 e. The van der Waals surface area contributed by atoms with Gasteiger partial charge in [-0.05, 0) is 0 Å². The standard InChI is InChI=1S/C8H16N/c1-9-6-2-4-8(9)5-3-7-9/h8H,2-7H2,1H3/q+1. The van der Waals surface area contributed by atoms with Gasteiger partial charge in [0.1, 0.15) is 0 Å². The molecule has 2 rings (SSSR count). The smallest absolute Gasteiger partial charge is 0.0892 e. The Bertz CT molecular complexity index is 110. The van der Waals surface area contributed by atoms with Crippen LogP contribution < -0.4 is 0 Å². The first-order valence-corrected chi connectivity index (χ1v) is 4.15. The van der Waals surface area contributed by atoms with E-state index in [9.17, 15) is 0 Å². The highest BCUT2D eigenvalue weighted by Crippen LogP contribution is 2.33. The summed E-state index contributed by atoms with van der Waals surface area (Å²) in [4.78, 5) is 0. The lowest BCUT2D eigenvalue weighted by atomic mass is 10.2. The maximum Gasteiger partial charge on any atom is 0.0892 e. The third kappa shape index (κ3) is 0.710. The molecule has 52 valence electrons. The van der Waals surface area contributed by atoms with E-state index in [0.29, 0.717) is 0 Å². The highest BCUT2D eigenvalue weighted by molar-refractivity contribution is 4.72. The molecule has 0 amide bonds. The molecule has 1 nitrogen and oxygen atoms in total. The van der Waals surface area contributed by atoms with Gasteiger partial charge in [0.15, 0.2) is 0 Å². The summed E-state index contributed by atoms with van der Waals surface area (Å²) < 4.78 is 1.42. The molecule has 2 fully saturated rings. The van der Waals surface area contributed by atoms with Crippen LogP contribution in [0.25, 0.3) is 0 Å². The molecule has 2 saturated heterocycles. The highest BCUT2D eigenvalue weighted by atomic mass is 15.4. The Hall–Kier alpha value is -0.0400. The van der Waals surface area contributed by atoms with Gasteiger partial charge in [0.2, 0.25) is 0 Å². The fraction of sp³-hybridized carbons (Fsp3) is 1.00. The quantitative estimate of drug-likeness (QED) is 0.430. The van der Waals surface area contributed by atoms with Crippen LogP contribution in [0.5, 0.6) is 0 Å². The minimum atomic E-state index is 1.06. The normalized spacial score (nSPS) is 49.7. The molecule has 0 aromatic carbocycles. The summed E-state index contributed by atoms with van der Waals surface area (Å²) in [7, 11) is 2.44. The summed E-state index contributed by atoms with van der Waals surface area (Å²) in [5.74, 6) is 0. The van der Waals surface area contributed by atoms with Crippen LogP contribution >= 0.6 is 0 Å². The monoisotopic (exact) mass is 126 g/mol. The van der Waals surface area contributed by atoms with Crippen molar-refractivity contribution < 1.29 is 4.48 Å². The Labute approximate surface area is 57.3 Å². The lowest BCUT2D eigenvalue weighted by molar-refractivity contribution is -0.908. The van der Waals surface area contributed by atoms with Crippen molar-refractivity contribution in [3.63, 3.8) is 0 Å². The first kappa shape index (κ1) is 5.72. The molecular weight excluding hydrogens is 110 g/mol. The molecule has 0 spiro atoms. The number of fused-ring (bicyclic) bond motifs is 1. The molecule has 0 bridgehead atoms. The van der Waals surface area contributed by atoms with E-state index in [0.717, 1.165) is 6.04 Å². The van der Waals surface area contributed by atoms with Crippen molar-refractivity contribution >= 4 is 0 Å². The second-order valence-corrected chi connectivity index (χ2v) is 3.86. The topological polar surface area (TPSA) is 0 Å². The number of rotatable bonds is 0. The SMILES string of the molecule is C[N+]12CCCC1CCC2. The predicted octanol–water partition coefficient (Wildman–Crippen LogP) is 1.39. The van der Waals surface area contributed by atoms with Gasteiger partial charge in [-0.25, -0.2) is 0 Å². The fourth-order valence-electron chi connectivity index (χ4n) is 2.62. The molecule has 0 aromatic rings. The second kappa shape index (κ2) is 1.72. The van der Waals surface area contributed by atoms with Crippen LogP contribution in [-0.2, 0) is 0 Å². The molecule has 0 unspecified atom stereocenters. The Morgan fingerprint density at radius 2 is 1.67 bits per heavy atom. The Kier molecular flexibility index (Phi) is 1.10. The summed E-state index contributed by atoms with van der Waals surface area (Å²) in [5.41, 5.74) is 0. The van der Waals surface area contributed by atoms with Crippen molar-refractivity contribution in [2.24, 2.45) is 0 Å². The molecule has 0 radical (unpaired) electrons. The molecule has 0 atom stereocenters. The molecule has 0 N–H and O–H groups in total. The number of quaternary nitrogens is 1. The maximum atomic E-state index is 2.44. The summed E-state index contributed by atoms with van der Waals surface area (Å²) >= 11 is 0. The lowest BCUT2D eigenvalue weighted by Crippen LogP contribution is -2.42. The summed E-state index contributed by atoms with van der Waals surface area (Å²) in [6.45, 7) is 2.93. The predicted molar refractivity (Wildman–Crippen MR) is 38.2 cm³/mol. The van der Waals surface area contributed by atoms with Crippen LogP contribution in [0.1, 0.15) is 25.7 Å². The molecule has 2 heterocycles. The molecule has 1 heteroatoms. The van der Waals surface area contributed by atoms with E-state index in [1.54, 1.807) is 0 Å². The van der Waals surface area contributed by atoms with Gasteiger partial charge < -0.3 is 4.48 Å². The average Bonchev–Trinajstić information content (AvgIpc) is 2.22. The van der Waals surface area contributed by atoms with Gasteiger partial charge in [-0.1, -0.05) is 0 Å². The zero-order valence-electron chi connectivity index (χ0n) is 6.27. The van der Waals surface area contributed by atoms with Crippen molar-refractivity contribution in [3.05, 3.63) is 0 Å². The van der Waals surface area contributed by atoms with Gasteiger partial charge in [-0.15, -0.1) is 0 Å². The van der Waals surface area contributed by atoms with Crippen LogP contribution in [0.4, 0.5) is 0 Å². The van der Waals surface area contributed by atoms with E-state index in [-0.39, 0.29) is 0 Å². The van der Waals surface area contributed by atoms with Crippen molar-refractivity contribution in [2.75, 3.05) is 20.1 Å². The second-order valence-electron chi connectivity index (χ2n) is 3.86. The number of hydrogen-bond donors (Lipinski definition) is 0. The molecule has 0 aromatic heterocycles. The van der Waals surface area contributed by atoms with Gasteiger partial charge in [-0.2, -0.15) is 0 Å². The van der Waals surface area contributed by atoms with Crippen LogP contribution in [0.15, 0.2) is 0 Å². The van der Waals surface area contributed by atoms with E-state index in [1.807, 2.05) is 0 Å². The first-order chi connectivity index (χ1) is 4.31. The van der Waals surface area contributed by atoms with Crippen molar-refractivity contribution in [3.8, 4) is 0 Å². The molecular formula is C8H16N+. The Morgan fingerprint density at radius 1 is 1.11 bits per heavy atom. The Morgan fingerprint density at radius 3 is 2.11 bits per heavy atom. The average molecular weight is 126 g/mol. The number of hydrogen-bond acceptors (Lipinski definition) is 0. The zero-order chi connectivity index (χ0) is 6.32. The van der Waals surface area contributed by atoms with E-state index in [1.165, 1.54) is 43.3 Å². The first-order valence-electron chi connectivity index (χ1n) is 4.15. The third-order valence-electron chi connectivity index (χ3n) is 3.29. The van der Waals surface area contributed by atoms with Crippen molar-refractivity contribution in [1.29, 1.82) is 0 Å². The molecule has 0 aliphatic carbocycles. The van der Waals surface area contributed by atoms with Gasteiger partial charge in [0.25, 0.3) is 0 Å². The fourth-order valence-corrected chi connectivity index (χ4v) is 2.62. The van der Waals surface area contributed by atoms with E-state index in [2.05, 4.69) is 7.05 Å². The largest absolute Gasteiger partial charge is 0.324 e. The summed E-state index contributed by atoms with van der Waals surface area (Å²) in [5, 5.41) is 0. The van der Waals surface area contributed by atoms with Crippen LogP contribution in [0, 0.1) is 0 Å².